The summed E-state index contributed by atoms with van der Waals surface area (Å²) in [6.07, 6.45) is 8.92. The first kappa shape index (κ1) is 31.9. The standard InChI is InChI=1S/C36H53N3O3/c1-6-10-11-17-24-41-33-26-29(38(7-2)8-3)21-22-31(33)36(27-34(40)42-25-18-13-12-16-23-37-36)35-28(5)39(9-4)32-20-15-14-19-30(32)35/h14-15,19-22,26,37H,6-13,16-18,23-25,27H2,1-5H3. The van der Waals surface area contributed by atoms with Gasteiger partial charge in [0.05, 0.1) is 25.2 Å². The van der Waals surface area contributed by atoms with E-state index in [1.54, 1.807) is 0 Å². The Hall–Kier alpha value is -2.99. The Labute approximate surface area is 253 Å². The maximum absolute atomic E-state index is 13.7. The third kappa shape index (κ3) is 6.96. The number of nitrogens with zero attached hydrogens (tertiary/aromatic N) is 2. The number of nitrogens with one attached hydrogen (secondary N) is 1. The number of cyclic esters (lactones) is 1. The van der Waals surface area contributed by atoms with Crippen LogP contribution in [-0.2, 0) is 21.6 Å². The van der Waals surface area contributed by atoms with E-state index in [0.29, 0.717) is 13.2 Å². The minimum absolute atomic E-state index is 0.168. The van der Waals surface area contributed by atoms with Crippen molar-refractivity contribution in [2.24, 2.45) is 0 Å². The number of aryl methyl sites for hydroxylation is 1. The molecule has 1 N–H and O–H groups in total. The number of carbonyl (C=O) groups excluding carboxylic acids is 1. The average molecular weight is 576 g/mol. The van der Waals surface area contributed by atoms with E-state index in [1.807, 2.05) is 0 Å². The van der Waals surface area contributed by atoms with Crippen LogP contribution >= 0.6 is 0 Å². The maximum Gasteiger partial charge on any atom is 0.308 e. The van der Waals surface area contributed by atoms with Crippen molar-refractivity contribution in [2.75, 3.05) is 37.7 Å². The number of benzene rings is 2. The van der Waals surface area contributed by atoms with Crippen LogP contribution in [0.1, 0.15) is 102 Å². The van der Waals surface area contributed by atoms with Crippen LogP contribution in [0.15, 0.2) is 42.5 Å². The highest BCUT2D eigenvalue weighted by molar-refractivity contribution is 5.89. The summed E-state index contributed by atoms with van der Waals surface area (Å²) < 4.78 is 15.0. The largest absolute Gasteiger partial charge is 0.493 e. The number of rotatable bonds is 12. The van der Waals surface area contributed by atoms with Crippen LogP contribution in [0.25, 0.3) is 10.9 Å². The van der Waals surface area contributed by atoms with Crippen molar-refractivity contribution in [1.82, 2.24) is 9.88 Å². The summed E-state index contributed by atoms with van der Waals surface area (Å²) in [5.41, 5.74) is 4.89. The maximum atomic E-state index is 13.7. The molecule has 6 nitrogen and oxygen atoms in total. The molecule has 2 heterocycles. The van der Waals surface area contributed by atoms with Crippen LogP contribution in [0.4, 0.5) is 5.69 Å². The summed E-state index contributed by atoms with van der Waals surface area (Å²) in [6.45, 7) is 15.7. The lowest BCUT2D eigenvalue weighted by Gasteiger charge is -2.37. The number of unbranched alkanes of at least 4 members (excludes halogenated alkanes) is 3. The highest BCUT2D eigenvalue weighted by Gasteiger charge is 2.43. The molecule has 1 fully saturated rings. The lowest BCUT2D eigenvalue weighted by Crippen LogP contribution is -2.46. The van der Waals surface area contributed by atoms with Crippen molar-refractivity contribution in [1.29, 1.82) is 0 Å². The monoisotopic (exact) mass is 575 g/mol. The Balaban J connectivity index is 1.97. The molecule has 0 amide bonds. The second-order valence-electron chi connectivity index (χ2n) is 11.6. The van der Waals surface area contributed by atoms with Gasteiger partial charge in [-0.2, -0.15) is 0 Å². The normalized spacial score (nSPS) is 18.5. The molecule has 6 heteroatoms. The molecule has 1 aliphatic rings. The van der Waals surface area contributed by atoms with E-state index in [0.717, 1.165) is 87.3 Å². The number of hydrogen-bond acceptors (Lipinski definition) is 5. The van der Waals surface area contributed by atoms with Gasteiger partial charge in [-0.25, -0.2) is 0 Å². The molecule has 1 saturated heterocycles. The molecule has 42 heavy (non-hydrogen) atoms. The Morgan fingerprint density at radius 2 is 1.76 bits per heavy atom. The zero-order valence-electron chi connectivity index (χ0n) is 26.8. The van der Waals surface area contributed by atoms with Crippen molar-refractivity contribution < 1.29 is 14.3 Å². The molecule has 1 aromatic heterocycles. The minimum atomic E-state index is -0.800. The molecule has 1 atom stereocenters. The van der Waals surface area contributed by atoms with E-state index in [1.165, 1.54) is 29.4 Å². The van der Waals surface area contributed by atoms with E-state index >= 15 is 0 Å². The van der Waals surface area contributed by atoms with E-state index < -0.39 is 5.54 Å². The molecule has 0 bridgehead atoms. The number of hydrogen-bond donors (Lipinski definition) is 1. The van der Waals surface area contributed by atoms with E-state index in [-0.39, 0.29) is 12.4 Å². The summed E-state index contributed by atoms with van der Waals surface area (Å²) in [5, 5.41) is 5.16. The third-order valence-electron chi connectivity index (χ3n) is 8.95. The molecular formula is C36H53N3O3. The van der Waals surface area contributed by atoms with Crippen molar-refractivity contribution in [3.63, 3.8) is 0 Å². The van der Waals surface area contributed by atoms with Gasteiger partial charge in [0.2, 0.25) is 0 Å². The van der Waals surface area contributed by atoms with Crippen molar-refractivity contribution in [3.05, 3.63) is 59.3 Å². The summed E-state index contributed by atoms with van der Waals surface area (Å²) >= 11 is 0. The lowest BCUT2D eigenvalue weighted by molar-refractivity contribution is -0.145. The highest BCUT2D eigenvalue weighted by atomic mass is 16.5. The summed E-state index contributed by atoms with van der Waals surface area (Å²) in [4.78, 5) is 16.0. The quantitative estimate of drug-likeness (QED) is 0.175. The van der Waals surface area contributed by atoms with Crippen LogP contribution in [0, 0.1) is 6.92 Å². The number of ether oxygens (including phenoxy) is 2. The Bertz CT molecular complexity index is 1300. The van der Waals surface area contributed by atoms with Gasteiger partial charge < -0.3 is 24.3 Å². The number of aromatic nitrogens is 1. The molecule has 0 spiro atoms. The fourth-order valence-electron chi connectivity index (χ4n) is 6.76. The average Bonchev–Trinajstić information content (AvgIpc) is 3.27. The van der Waals surface area contributed by atoms with Gasteiger partial charge in [-0.1, -0.05) is 63.3 Å². The highest BCUT2D eigenvalue weighted by Crippen LogP contribution is 2.46. The molecular weight excluding hydrogens is 522 g/mol. The molecule has 2 aromatic carbocycles. The molecule has 4 rings (SSSR count). The summed E-state index contributed by atoms with van der Waals surface area (Å²) in [5.74, 6) is 0.692. The third-order valence-corrected chi connectivity index (χ3v) is 8.95. The smallest absolute Gasteiger partial charge is 0.308 e. The van der Waals surface area contributed by atoms with E-state index in [9.17, 15) is 4.79 Å². The molecule has 0 radical (unpaired) electrons. The van der Waals surface area contributed by atoms with Gasteiger partial charge in [0.25, 0.3) is 0 Å². The molecule has 230 valence electrons. The van der Waals surface area contributed by atoms with E-state index in [2.05, 4.69) is 91.9 Å². The molecule has 1 unspecified atom stereocenters. The lowest BCUT2D eigenvalue weighted by atomic mass is 9.77. The van der Waals surface area contributed by atoms with Gasteiger partial charge in [-0.05, 0) is 65.6 Å². The second kappa shape index (κ2) is 15.5. The fraction of sp³-hybridized carbons (Fsp3) is 0.583. The van der Waals surface area contributed by atoms with Crippen LogP contribution in [0.5, 0.6) is 5.75 Å². The minimum Gasteiger partial charge on any atom is -0.493 e. The number of carbonyl (C=O) groups is 1. The van der Waals surface area contributed by atoms with Gasteiger partial charge >= 0.3 is 5.97 Å². The number of fused-ring (bicyclic) bond motifs is 1. The topological polar surface area (TPSA) is 55.7 Å². The SMILES string of the molecule is CCCCCCOc1cc(N(CC)CC)ccc1C1(c2c(C)n(CC)c3ccccc23)CC(=O)OCCCCCCN1. The molecule has 0 aliphatic carbocycles. The van der Waals surface area contributed by atoms with Gasteiger partial charge in [0.1, 0.15) is 5.75 Å². The Morgan fingerprint density at radius 1 is 0.976 bits per heavy atom. The van der Waals surface area contributed by atoms with Crippen molar-refractivity contribution in [3.8, 4) is 5.75 Å². The number of esters is 1. The molecule has 1 aliphatic heterocycles. The van der Waals surface area contributed by atoms with Gasteiger partial charge in [0, 0.05) is 59.1 Å². The van der Waals surface area contributed by atoms with Crippen molar-refractivity contribution in [2.45, 2.75) is 104 Å². The van der Waals surface area contributed by atoms with E-state index in [4.69, 9.17) is 9.47 Å². The first-order chi connectivity index (χ1) is 20.5. The van der Waals surface area contributed by atoms with Crippen LogP contribution < -0.4 is 15.0 Å². The van der Waals surface area contributed by atoms with Crippen LogP contribution in [-0.4, -0.2) is 43.4 Å². The van der Waals surface area contributed by atoms with Crippen LogP contribution in [0.2, 0.25) is 0 Å². The zero-order chi connectivity index (χ0) is 30.0. The number of anilines is 1. The predicted molar refractivity (Wildman–Crippen MR) is 175 cm³/mol. The zero-order valence-corrected chi connectivity index (χ0v) is 26.8. The fourth-order valence-corrected chi connectivity index (χ4v) is 6.76. The van der Waals surface area contributed by atoms with Gasteiger partial charge in [-0.3, -0.25) is 4.79 Å². The van der Waals surface area contributed by atoms with Crippen LogP contribution in [0.3, 0.4) is 0 Å². The van der Waals surface area contributed by atoms with Gasteiger partial charge in [0.15, 0.2) is 0 Å². The summed E-state index contributed by atoms with van der Waals surface area (Å²) in [6, 6.07) is 15.2. The first-order valence-electron chi connectivity index (χ1n) is 16.5. The van der Waals surface area contributed by atoms with Crippen molar-refractivity contribution >= 4 is 22.6 Å². The number of para-hydroxylation sites is 1. The predicted octanol–water partition coefficient (Wildman–Crippen LogP) is 8.12. The first-order valence-corrected chi connectivity index (χ1v) is 16.5. The second-order valence-corrected chi connectivity index (χ2v) is 11.6. The Kier molecular flexibility index (Phi) is 11.8. The molecule has 3 aromatic rings. The van der Waals surface area contributed by atoms with Gasteiger partial charge in [-0.15, -0.1) is 0 Å². The summed E-state index contributed by atoms with van der Waals surface area (Å²) in [7, 11) is 0. The molecule has 0 saturated carbocycles. The Morgan fingerprint density at radius 3 is 2.52 bits per heavy atom.